The van der Waals surface area contributed by atoms with E-state index >= 15 is 0 Å². The number of fused-ring (bicyclic) bond motifs is 1. The highest BCUT2D eigenvalue weighted by atomic mass is 16.5. The fourth-order valence-electron chi connectivity index (χ4n) is 5.03. The Hall–Kier alpha value is -3.68. The fraction of sp³-hybridized carbons (Fsp3) is 0.407. The van der Waals surface area contributed by atoms with Crippen LogP contribution in [0.2, 0.25) is 0 Å². The van der Waals surface area contributed by atoms with E-state index in [9.17, 15) is 9.59 Å². The third kappa shape index (κ3) is 4.52. The van der Waals surface area contributed by atoms with Gasteiger partial charge in [-0.05, 0) is 62.2 Å². The van der Waals surface area contributed by atoms with E-state index in [-0.39, 0.29) is 30.9 Å². The van der Waals surface area contributed by atoms with Gasteiger partial charge in [0, 0.05) is 17.8 Å². The molecule has 0 spiro atoms. The number of hydrogen-bond acceptors (Lipinski definition) is 5. The molecule has 0 unspecified atom stereocenters. The lowest BCUT2D eigenvalue weighted by Gasteiger charge is -2.43. The first kappa shape index (κ1) is 23.1. The van der Waals surface area contributed by atoms with Crippen LogP contribution in [0.15, 0.2) is 54.7 Å². The molecule has 1 N–H and O–H groups in total. The van der Waals surface area contributed by atoms with Crippen LogP contribution in [0.3, 0.4) is 0 Å². The van der Waals surface area contributed by atoms with Crippen molar-refractivity contribution in [2.75, 3.05) is 7.11 Å². The molecular formula is C27H31N5O3. The maximum atomic E-state index is 13.8. The molecule has 2 amide bonds. The van der Waals surface area contributed by atoms with Crippen LogP contribution in [0.4, 0.5) is 0 Å². The van der Waals surface area contributed by atoms with Crippen molar-refractivity contribution >= 4 is 11.8 Å². The SMILES string of the molecule is COc1ccc(-c2cc3n(n2)C[C@@](C)(C(=O)NC2CCCCC2)N(Cc2ccccn2)C3=O)cc1. The van der Waals surface area contributed by atoms with Crippen LogP contribution in [0, 0.1) is 0 Å². The fourth-order valence-corrected chi connectivity index (χ4v) is 5.03. The number of hydrogen-bond donors (Lipinski definition) is 1. The predicted molar refractivity (Wildman–Crippen MR) is 132 cm³/mol. The molecule has 1 saturated carbocycles. The summed E-state index contributed by atoms with van der Waals surface area (Å²) in [5.74, 6) is 0.388. The van der Waals surface area contributed by atoms with Crippen LogP contribution in [-0.4, -0.2) is 50.2 Å². The van der Waals surface area contributed by atoms with E-state index in [1.165, 1.54) is 6.42 Å². The Kier molecular flexibility index (Phi) is 6.28. The summed E-state index contributed by atoms with van der Waals surface area (Å²) in [5.41, 5.74) is 1.67. The van der Waals surface area contributed by atoms with Crippen LogP contribution in [-0.2, 0) is 17.9 Å². The summed E-state index contributed by atoms with van der Waals surface area (Å²) >= 11 is 0. The third-order valence-corrected chi connectivity index (χ3v) is 7.16. The van der Waals surface area contributed by atoms with Crippen LogP contribution in [0.5, 0.6) is 5.75 Å². The van der Waals surface area contributed by atoms with Gasteiger partial charge in [-0.15, -0.1) is 0 Å². The van der Waals surface area contributed by atoms with E-state index in [1.807, 2.05) is 49.4 Å². The van der Waals surface area contributed by atoms with Crippen molar-refractivity contribution < 1.29 is 14.3 Å². The molecule has 0 bridgehead atoms. The van der Waals surface area contributed by atoms with Crippen molar-refractivity contribution in [2.45, 2.75) is 63.7 Å². The van der Waals surface area contributed by atoms with Gasteiger partial charge in [-0.25, -0.2) is 0 Å². The second kappa shape index (κ2) is 9.52. The molecule has 0 radical (unpaired) electrons. The zero-order valence-electron chi connectivity index (χ0n) is 20.2. The zero-order valence-corrected chi connectivity index (χ0v) is 20.2. The molecule has 1 atom stereocenters. The van der Waals surface area contributed by atoms with Gasteiger partial charge in [0.1, 0.15) is 17.0 Å². The number of nitrogens with zero attached hydrogens (tertiary/aromatic N) is 4. The number of nitrogens with one attached hydrogen (secondary N) is 1. The lowest BCUT2D eigenvalue weighted by atomic mass is 9.91. The highest BCUT2D eigenvalue weighted by molar-refractivity contribution is 6.00. The standard InChI is InChI=1S/C27H31N5O3/c1-27(26(34)29-20-8-4-3-5-9-20)18-32-24(25(33)31(27)17-21-10-6-7-15-28-21)16-23(30-32)19-11-13-22(35-2)14-12-19/h6-7,10-16,20H,3-5,8-9,17-18H2,1-2H3,(H,29,34)/t27-/m0/s1. The monoisotopic (exact) mass is 473 g/mol. The molecule has 8 heteroatoms. The summed E-state index contributed by atoms with van der Waals surface area (Å²) in [6, 6.07) is 15.1. The maximum absolute atomic E-state index is 13.8. The van der Waals surface area contributed by atoms with Crippen LogP contribution in [0.1, 0.15) is 55.2 Å². The minimum atomic E-state index is -1.09. The molecule has 2 aliphatic rings. The van der Waals surface area contributed by atoms with E-state index in [0.29, 0.717) is 11.4 Å². The highest BCUT2D eigenvalue weighted by Crippen LogP contribution is 2.32. The number of rotatable bonds is 6. The summed E-state index contributed by atoms with van der Waals surface area (Å²) in [4.78, 5) is 33.6. The van der Waals surface area contributed by atoms with Crippen LogP contribution in [0.25, 0.3) is 11.3 Å². The molecule has 5 rings (SSSR count). The van der Waals surface area contributed by atoms with Gasteiger partial charge in [-0.3, -0.25) is 19.3 Å². The van der Waals surface area contributed by atoms with Gasteiger partial charge in [0.05, 0.1) is 31.6 Å². The number of methoxy groups -OCH3 is 1. The van der Waals surface area contributed by atoms with Crippen molar-refractivity contribution in [1.29, 1.82) is 0 Å². The number of amides is 2. The average Bonchev–Trinajstić information content (AvgIpc) is 3.31. The molecule has 35 heavy (non-hydrogen) atoms. The van der Waals surface area contributed by atoms with E-state index in [0.717, 1.165) is 42.7 Å². The molecule has 3 aromatic rings. The Labute approximate surface area is 205 Å². The van der Waals surface area contributed by atoms with Crippen molar-refractivity contribution in [3.63, 3.8) is 0 Å². The van der Waals surface area contributed by atoms with Crippen molar-refractivity contribution in [3.8, 4) is 17.0 Å². The first-order chi connectivity index (χ1) is 17.0. The van der Waals surface area contributed by atoms with Crippen molar-refractivity contribution in [2.24, 2.45) is 0 Å². The molecule has 1 fully saturated rings. The summed E-state index contributed by atoms with van der Waals surface area (Å²) in [6.45, 7) is 2.36. The molecule has 1 aromatic carbocycles. The number of aromatic nitrogens is 3. The Bertz CT molecular complexity index is 1200. The molecule has 8 nitrogen and oxygen atoms in total. The lowest BCUT2D eigenvalue weighted by molar-refractivity contribution is -0.134. The lowest BCUT2D eigenvalue weighted by Crippen LogP contribution is -2.64. The summed E-state index contributed by atoms with van der Waals surface area (Å²) in [5, 5.41) is 7.96. The highest BCUT2D eigenvalue weighted by Gasteiger charge is 2.48. The Morgan fingerprint density at radius 1 is 1.14 bits per heavy atom. The second-order valence-corrected chi connectivity index (χ2v) is 9.60. The minimum absolute atomic E-state index is 0.138. The Morgan fingerprint density at radius 2 is 1.91 bits per heavy atom. The quantitative estimate of drug-likeness (QED) is 0.588. The topological polar surface area (TPSA) is 89.3 Å². The predicted octanol–water partition coefficient (Wildman–Crippen LogP) is 3.82. The van der Waals surface area contributed by atoms with E-state index in [1.54, 1.807) is 29.0 Å². The Balaban J connectivity index is 1.49. The normalized spacial score (nSPS) is 20.4. The van der Waals surface area contributed by atoms with E-state index < -0.39 is 5.54 Å². The average molecular weight is 474 g/mol. The molecule has 1 aliphatic carbocycles. The van der Waals surface area contributed by atoms with Gasteiger partial charge in [0.25, 0.3) is 5.91 Å². The smallest absolute Gasteiger partial charge is 0.273 e. The largest absolute Gasteiger partial charge is 0.497 e. The molecule has 182 valence electrons. The molecular weight excluding hydrogens is 442 g/mol. The first-order valence-electron chi connectivity index (χ1n) is 12.2. The molecule has 2 aromatic heterocycles. The van der Waals surface area contributed by atoms with Gasteiger partial charge >= 0.3 is 0 Å². The summed E-state index contributed by atoms with van der Waals surface area (Å²) in [6.07, 6.45) is 7.10. The van der Waals surface area contributed by atoms with Gasteiger partial charge < -0.3 is 15.0 Å². The number of carbonyl (C=O) groups is 2. The second-order valence-electron chi connectivity index (χ2n) is 9.60. The Morgan fingerprint density at radius 3 is 2.60 bits per heavy atom. The number of pyridine rings is 1. The van der Waals surface area contributed by atoms with Gasteiger partial charge in [0.15, 0.2) is 0 Å². The third-order valence-electron chi connectivity index (χ3n) is 7.16. The summed E-state index contributed by atoms with van der Waals surface area (Å²) in [7, 11) is 1.62. The molecule has 1 aliphatic heterocycles. The maximum Gasteiger partial charge on any atom is 0.273 e. The first-order valence-corrected chi connectivity index (χ1v) is 12.2. The van der Waals surface area contributed by atoms with Gasteiger partial charge in [-0.1, -0.05) is 25.3 Å². The van der Waals surface area contributed by atoms with Crippen molar-refractivity contribution in [1.82, 2.24) is 25.0 Å². The summed E-state index contributed by atoms with van der Waals surface area (Å²) < 4.78 is 6.93. The van der Waals surface area contributed by atoms with Gasteiger partial charge in [0.2, 0.25) is 5.91 Å². The van der Waals surface area contributed by atoms with E-state index in [2.05, 4.69) is 10.3 Å². The van der Waals surface area contributed by atoms with E-state index in [4.69, 9.17) is 9.84 Å². The number of benzene rings is 1. The van der Waals surface area contributed by atoms with Gasteiger partial charge in [-0.2, -0.15) is 5.10 Å². The van der Waals surface area contributed by atoms with Crippen LogP contribution < -0.4 is 10.1 Å². The molecule has 3 heterocycles. The number of carbonyl (C=O) groups excluding carboxylic acids is 2. The molecule has 0 saturated heterocycles. The minimum Gasteiger partial charge on any atom is -0.497 e. The van der Waals surface area contributed by atoms with Crippen LogP contribution >= 0.6 is 0 Å². The zero-order chi connectivity index (χ0) is 24.4. The van der Waals surface area contributed by atoms with Crippen molar-refractivity contribution in [3.05, 3.63) is 66.1 Å². The number of ether oxygens (including phenoxy) is 1.